The highest BCUT2D eigenvalue weighted by atomic mass is 19.1. The molecule has 148 valence electrons. The van der Waals surface area contributed by atoms with Crippen molar-refractivity contribution in [3.05, 3.63) is 107 Å². The van der Waals surface area contributed by atoms with Gasteiger partial charge in [-0.05, 0) is 30.0 Å². The fraction of sp³-hybridized carbons (Fsp3) is 0.231. The number of alkyl halides is 1. The van der Waals surface area contributed by atoms with Crippen molar-refractivity contribution in [1.29, 1.82) is 0 Å². The van der Waals surface area contributed by atoms with Gasteiger partial charge < -0.3 is 0 Å². The lowest BCUT2D eigenvalue weighted by atomic mass is 10.00. The Bertz CT molecular complexity index is 958. The van der Waals surface area contributed by atoms with Crippen molar-refractivity contribution in [2.24, 2.45) is 10.2 Å². The van der Waals surface area contributed by atoms with Gasteiger partial charge in [0.15, 0.2) is 0 Å². The van der Waals surface area contributed by atoms with Crippen LogP contribution in [0.1, 0.15) is 48.1 Å². The van der Waals surface area contributed by atoms with Crippen molar-refractivity contribution in [2.45, 2.75) is 39.3 Å². The molecule has 3 heteroatoms. The van der Waals surface area contributed by atoms with Gasteiger partial charge in [0.05, 0.1) is 6.21 Å². The molecule has 0 spiro atoms. The summed E-state index contributed by atoms with van der Waals surface area (Å²) in [6.45, 7) is 3.75. The highest BCUT2D eigenvalue weighted by Crippen LogP contribution is 2.15. The highest BCUT2D eigenvalue weighted by molar-refractivity contribution is 6.13. The van der Waals surface area contributed by atoms with E-state index in [9.17, 15) is 4.39 Å². The Balaban J connectivity index is 1.92. The molecule has 0 amide bonds. The van der Waals surface area contributed by atoms with Gasteiger partial charge in [-0.1, -0.05) is 92.2 Å². The molecule has 3 aromatic carbocycles. The Morgan fingerprint density at radius 2 is 1.55 bits per heavy atom. The van der Waals surface area contributed by atoms with Crippen molar-refractivity contribution < 1.29 is 4.39 Å². The van der Waals surface area contributed by atoms with Crippen LogP contribution in [0.3, 0.4) is 0 Å². The maximum absolute atomic E-state index is 13.3. The molecule has 2 nitrogen and oxygen atoms in total. The van der Waals surface area contributed by atoms with Crippen molar-refractivity contribution in [3.8, 4) is 0 Å². The fourth-order valence-corrected chi connectivity index (χ4v) is 3.31. The molecule has 0 saturated heterocycles. The number of benzene rings is 3. The van der Waals surface area contributed by atoms with Gasteiger partial charge in [0.2, 0.25) is 0 Å². The molecule has 3 rings (SSSR count). The summed E-state index contributed by atoms with van der Waals surface area (Å²) in [5, 5.41) is 8.97. The van der Waals surface area contributed by atoms with Crippen LogP contribution in [0.15, 0.2) is 89.1 Å². The van der Waals surface area contributed by atoms with E-state index in [1.807, 2.05) is 66.9 Å². The number of hydrogen-bond donors (Lipinski definition) is 0. The van der Waals surface area contributed by atoms with Gasteiger partial charge in [-0.2, -0.15) is 5.10 Å². The normalized spacial score (nSPS) is 13.0. The molecule has 0 N–H and O–H groups in total. The second kappa shape index (κ2) is 10.5. The second-order valence-electron chi connectivity index (χ2n) is 7.19. The molecular formula is C26H27FN2. The van der Waals surface area contributed by atoms with Crippen LogP contribution in [0.25, 0.3) is 0 Å². The van der Waals surface area contributed by atoms with Gasteiger partial charge in [0, 0.05) is 17.5 Å². The predicted octanol–water partition coefficient (Wildman–Crippen LogP) is 6.41. The first-order valence-electron chi connectivity index (χ1n) is 10.1. The van der Waals surface area contributed by atoms with Crippen LogP contribution in [-0.4, -0.2) is 18.1 Å². The van der Waals surface area contributed by atoms with Crippen LogP contribution in [0.2, 0.25) is 0 Å². The van der Waals surface area contributed by atoms with Crippen molar-refractivity contribution in [2.75, 3.05) is 0 Å². The summed E-state index contributed by atoms with van der Waals surface area (Å²) in [4.78, 5) is 0. The summed E-state index contributed by atoms with van der Waals surface area (Å²) >= 11 is 0. The highest BCUT2D eigenvalue weighted by Gasteiger charge is 2.08. The van der Waals surface area contributed by atoms with E-state index in [0.717, 1.165) is 40.8 Å². The van der Waals surface area contributed by atoms with Gasteiger partial charge in [-0.25, -0.2) is 4.39 Å². The van der Waals surface area contributed by atoms with Gasteiger partial charge in [-0.15, -0.1) is 5.10 Å². The van der Waals surface area contributed by atoms with E-state index in [1.165, 1.54) is 5.56 Å². The molecular weight excluding hydrogens is 359 g/mol. The SMILES string of the molecule is CCCc1ccccc1C=NN=C(c1ccccc1)c1ccc(CC(C)F)cc1. The smallest absolute Gasteiger partial charge is 0.101 e. The zero-order chi connectivity index (χ0) is 20.5. The van der Waals surface area contributed by atoms with E-state index in [4.69, 9.17) is 0 Å². The lowest BCUT2D eigenvalue weighted by Gasteiger charge is -2.08. The molecule has 0 bridgehead atoms. The molecule has 29 heavy (non-hydrogen) atoms. The molecule has 0 aliphatic rings. The monoisotopic (exact) mass is 386 g/mol. The van der Waals surface area contributed by atoms with Gasteiger partial charge in [0.1, 0.15) is 11.9 Å². The minimum absolute atomic E-state index is 0.421. The first kappa shape index (κ1) is 20.7. The minimum atomic E-state index is -0.851. The summed E-state index contributed by atoms with van der Waals surface area (Å²) in [5.74, 6) is 0. The third-order valence-electron chi connectivity index (χ3n) is 4.72. The summed E-state index contributed by atoms with van der Waals surface area (Å²) in [7, 11) is 0. The number of halogens is 1. The molecule has 0 heterocycles. The molecule has 0 aromatic heterocycles. The van der Waals surface area contributed by atoms with Crippen LogP contribution < -0.4 is 0 Å². The lowest BCUT2D eigenvalue weighted by molar-refractivity contribution is 0.360. The summed E-state index contributed by atoms with van der Waals surface area (Å²) < 4.78 is 13.3. The predicted molar refractivity (Wildman–Crippen MR) is 121 cm³/mol. The molecule has 0 aliphatic heterocycles. The Labute approximate surface area is 172 Å². The molecule has 3 aromatic rings. The third-order valence-corrected chi connectivity index (χ3v) is 4.72. The van der Waals surface area contributed by atoms with E-state index in [0.29, 0.717) is 6.42 Å². The largest absolute Gasteiger partial charge is 0.247 e. The summed E-state index contributed by atoms with van der Waals surface area (Å²) in [6.07, 6.45) is 3.51. The zero-order valence-corrected chi connectivity index (χ0v) is 17.1. The number of hydrogen-bond acceptors (Lipinski definition) is 2. The molecule has 0 radical (unpaired) electrons. The number of nitrogens with zero attached hydrogens (tertiary/aromatic N) is 2. The lowest BCUT2D eigenvalue weighted by Crippen LogP contribution is -2.04. The van der Waals surface area contributed by atoms with E-state index in [-0.39, 0.29) is 0 Å². The molecule has 1 unspecified atom stereocenters. The Hall–Kier alpha value is -3.07. The Morgan fingerprint density at radius 1 is 0.897 bits per heavy atom. The van der Waals surface area contributed by atoms with Crippen molar-refractivity contribution in [1.82, 2.24) is 0 Å². The molecule has 0 fully saturated rings. The van der Waals surface area contributed by atoms with Crippen molar-refractivity contribution >= 4 is 11.9 Å². The van der Waals surface area contributed by atoms with E-state index in [1.54, 1.807) is 6.92 Å². The number of rotatable bonds is 8. The molecule has 0 saturated carbocycles. The van der Waals surface area contributed by atoms with Crippen molar-refractivity contribution in [3.63, 3.8) is 0 Å². The van der Waals surface area contributed by atoms with Crippen LogP contribution in [0.4, 0.5) is 4.39 Å². The third kappa shape index (κ3) is 5.95. The maximum atomic E-state index is 13.3. The summed E-state index contributed by atoms with van der Waals surface area (Å²) in [5.41, 5.74) is 6.11. The molecule has 0 aliphatic carbocycles. The molecule has 1 atom stereocenters. The zero-order valence-electron chi connectivity index (χ0n) is 17.1. The van der Waals surface area contributed by atoms with Gasteiger partial charge in [0.25, 0.3) is 0 Å². The Morgan fingerprint density at radius 3 is 2.24 bits per heavy atom. The van der Waals surface area contributed by atoms with Crippen LogP contribution in [-0.2, 0) is 12.8 Å². The standard InChI is InChI=1S/C26H27FN2/c1-3-9-22-10-7-8-13-25(22)19-28-29-26(23-11-5-4-6-12-23)24-16-14-21(15-17-24)18-20(2)27/h4-8,10-17,19-20H,3,9,18H2,1-2H3. The van der Waals surface area contributed by atoms with Gasteiger partial charge >= 0.3 is 0 Å². The quantitative estimate of drug-likeness (QED) is 0.316. The first-order valence-corrected chi connectivity index (χ1v) is 10.1. The Kier molecular flexibility index (Phi) is 7.46. The van der Waals surface area contributed by atoms with Crippen LogP contribution in [0.5, 0.6) is 0 Å². The maximum Gasteiger partial charge on any atom is 0.101 e. The van der Waals surface area contributed by atoms with Gasteiger partial charge in [-0.3, -0.25) is 0 Å². The van der Waals surface area contributed by atoms with E-state index in [2.05, 4.69) is 35.3 Å². The minimum Gasteiger partial charge on any atom is -0.247 e. The first-order chi connectivity index (χ1) is 14.2. The average molecular weight is 387 g/mol. The van der Waals surface area contributed by atoms with Crippen LogP contribution >= 0.6 is 0 Å². The van der Waals surface area contributed by atoms with E-state index < -0.39 is 6.17 Å². The number of aryl methyl sites for hydroxylation is 1. The second-order valence-corrected chi connectivity index (χ2v) is 7.19. The van der Waals surface area contributed by atoms with E-state index >= 15 is 0 Å². The fourth-order valence-electron chi connectivity index (χ4n) is 3.31. The summed E-state index contributed by atoms with van der Waals surface area (Å²) in [6, 6.07) is 26.2. The average Bonchev–Trinajstić information content (AvgIpc) is 2.74. The topological polar surface area (TPSA) is 24.7 Å². The van der Waals surface area contributed by atoms with Crippen LogP contribution in [0, 0.1) is 0 Å².